The molecule has 3 aromatic rings. The molecule has 0 heterocycles. The summed E-state index contributed by atoms with van der Waals surface area (Å²) < 4.78 is 29.5. The van der Waals surface area contributed by atoms with Gasteiger partial charge in [0.25, 0.3) is 10.0 Å². The minimum absolute atomic E-state index is 0.0838. The summed E-state index contributed by atoms with van der Waals surface area (Å²) in [7, 11) is -4.05. The van der Waals surface area contributed by atoms with Crippen molar-refractivity contribution in [3.8, 4) is 0 Å². The third-order valence-electron chi connectivity index (χ3n) is 6.04. The lowest BCUT2D eigenvalue weighted by Gasteiger charge is -2.32. The van der Waals surface area contributed by atoms with Gasteiger partial charge in [-0.15, -0.1) is 0 Å². The predicted octanol–water partition coefficient (Wildman–Crippen LogP) is 4.74. The Kier molecular flexibility index (Phi) is 10.1. The lowest BCUT2D eigenvalue weighted by atomic mass is 10.1. The molecular formula is C28H32IN3O4S. The van der Waals surface area contributed by atoms with Gasteiger partial charge in [-0.1, -0.05) is 49.4 Å². The molecule has 2 amide bonds. The van der Waals surface area contributed by atoms with Crippen molar-refractivity contribution in [2.24, 2.45) is 0 Å². The smallest absolute Gasteiger partial charge is 0.264 e. The number of halogens is 1. The second kappa shape index (κ2) is 13.0. The van der Waals surface area contributed by atoms with Gasteiger partial charge in [0.1, 0.15) is 12.6 Å². The summed E-state index contributed by atoms with van der Waals surface area (Å²) in [4.78, 5) is 28.3. The predicted molar refractivity (Wildman–Crippen MR) is 155 cm³/mol. The molecule has 37 heavy (non-hydrogen) atoms. The molecule has 0 radical (unpaired) electrons. The maximum absolute atomic E-state index is 13.8. The van der Waals surface area contributed by atoms with E-state index >= 15 is 0 Å². The molecule has 0 aliphatic carbocycles. The van der Waals surface area contributed by atoms with Crippen molar-refractivity contribution in [3.63, 3.8) is 0 Å². The highest BCUT2D eigenvalue weighted by molar-refractivity contribution is 14.1. The molecule has 0 spiro atoms. The zero-order chi connectivity index (χ0) is 27.0. The molecule has 1 unspecified atom stereocenters. The highest BCUT2D eigenvalue weighted by atomic mass is 127. The molecule has 9 heteroatoms. The van der Waals surface area contributed by atoms with E-state index in [0.29, 0.717) is 12.2 Å². The van der Waals surface area contributed by atoms with Gasteiger partial charge in [0.15, 0.2) is 0 Å². The SMILES string of the molecule is CCCNC(=O)C(C)N(Cc1ccccc1C)C(=O)CN(c1ccc(I)cc1)S(=O)(=O)c1ccccc1. The number of amides is 2. The Morgan fingerprint density at radius 3 is 2.19 bits per heavy atom. The van der Waals surface area contributed by atoms with Crippen LogP contribution in [-0.2, 0) is 26.2 Å². The third-order valence-corrected chi connectivity index (χ3v) is 8.55. The molecular weight excluding hydrogens is 601 g/mol. The van der Waals surface area contributed by atoms with Gasteiger partial charge in [-0.25, -0.2) is 8.42 Å². The van der Waals surface area contributed by atoms with E-state index in [0.717, 1.165) is 25.4 Å². The van der Waals surface area contributed by atoms with E-state index < -0.39 is 28.5 Å². The van der Waals surface area contributed by atoms with Gasteiger partial charge >= 0.3 is 0 Å². The number of carbonyl (C=O) groups excluding carboxylic acids is 2. The fraction of sp³-hybridized carbons (Fsp3) is 0.286. The Morgan fingerprint density at radius 1 is 0.946 bits per heavy atom. The molecule has 0 saturated carbocycles. The van der Waals surface area contributed by atoms with E-state index in [2.05, 4.69) is 27.9 Å². The fourth-order valence-electron chi connectivity index (χ4n) is 3.81. The van der Waals surface area contributed by atoms with Crippen molar-refractivity contribution >= 4 is 50.1 Å². The van der Waals surface area contributed by atoms with Crippen LogP contribution < -0.4 is 9.62 Å². The van der Waals surface area contributed by atoms with Crippen LogP contribution in [0.15, 0.2) is 83.8 Å². The Morgan fingerprint density at radius 2 is 1.57 bits per heavy atom. The van der Waals surface area contributed by atoms with Gasteiger partial charge in [-0.05, 0) is 90.4 Å². The molecule has 3 rings (SSSR count). The zero-order valence-corrected chi connectivity index (χ0v) is 24.2. The molecule has 1 N–H and O–H groups in total. The van der Waals surface area contributed by atoms with Crippen molar-refractivity contribution in [3.05, 3.63) is 93.6 Å². The van der Waals surface area contributed by atoms with Crippen LogP contribution >= 0.6 is 22.6 Å². The molecule has 0 aromatic heterocycles. The Hall–Kier alpha value is -2.92. The molecule has 0 bridgehead atoms. The number of anilines is 1. The van der Waals surface area contributed by atoms with Crippen LogP contribution in [0.2, 0.25) is 0 Å². The Balaban J connectivity index is 2.01. The summed E-state index contributed by atoms with van der Waals surface area (Å²) in [5.41, 5.74) is 2.24. The van der Waals surface area contributed by atoms with Crippen molar-refractivity contribution in [2.75, 3.05) is 17.4 Å². The first-order valence-electron chi connectivity index (χ1n) is 12.1. The van der Waals surface area contributed by atoms with Crippen molar-refractivity contribution in [2.45, 2.75) is 44.7 Å². The normalized spacial score (nSPS) is 12.0. The highest BCUT2D eigenvalue weighted by Crippen LogP contribution is 2.25. The summed E-state index contributed by atoms with van der Waals surface area (Å²) >= 11 is 2.14. The molecule has 0 fully saturated rings. The zero-order valence-electron chi connectivity index (χ0n) is 21.2. The first kappa shape index (κ1) is 28.6. The average molecular weight is 634 g/mol. The maximum Gasteiger partial charge on any atom is 0.264 e. The largest absolute Gasteiger partial charge is 0.354 e. The van der Waals surface area contributed by atoms with Gasteiger partial charge in [0.2, 0.25) is 11.8 Å². The van der Waals surface area contributed by atoms with Crippen LogP contribution in [0.4, 0.5) is 5.69 Å². The third kappa shape index (κ3) is 7.32. The Labute approximate surface area is 233 Å². The van der Waals surface area contributed by atoms with Crippen LogP contribution in [0.1, 0.15) is 31.4 Å². The monoisotopic (exact) mass is 633 g/mol. The van der Waals surface area contributed by atoms with Gasteiger partial charge in [-0.3, -0.25) is 13.9 Å². The van der Waals surface area contributed by atoms with Gasteiger partial charge in [0, 0.05) is 16.7 Å². The van der Waals surface area contributed by atoms with E-state index in [-0.39, 0.29) is 17.3 Å². The number of benzene rings is 3. The second-order valence-electron chi connectivity index (χ2n) is 8.72. The topological polar surface area (TPSA) is 86.8 Å². The number of aryl methyl sites for hydroxylation is 1. The van der Waals surface area contributed by atoms with Gasteiger partial charge in [-0.2, -0.15) is 0 Å². The van der Waals surface area contributed by atoms with Crippen molar-refractivity contribution in [1.82, 2.24) is 10.2 Å². The van der Waals surface area contributed by atoms with E-state index in [1.54, 1.807) is 49.4 Å². The number of rotatable bonds is 11. The summed E-state index contributed by atoms with van der Waals surface area (Å²) in [6, 6.07) is 21.8. The van der Waals surface area contributed by atoms with Crippen LogP contribution in [-0.4, -0.2) is 44.3 Å². The standard InChI is InChI=1S/C28H32IN3O4S/c1-4-18-30-28(34)22(3)31(19-23-11-9-8-10-21(23)2)27(33)20-32(25-16-14-24(29)15-17-25)37(35,36)26-12-6-5-7-13-26/h5-17,22H,4,18-20H2,1-3H3,(H,30,34). The lowest BCUT2D eigenvalue weighted by molar-refractivity contribution is -0.139. The molecule has 0 aliphatic heterocycles. The highest BCUT2D eigenvalue weighted by Gasteiger charge is 2.32. The van der Waals surface area contributed by atoms with Crippen molar-refractivity contribution in [1.29, 1.82) is 0 Å². The first-order valence-corrected chi connectivity index (χ1v) is 14.6. The summed E-state index contributed by atoms with van der Waals surface area (Å²) in [5, 5.41) is 2.85. The number of sulfonamides is 1. The molecule has 3 aromatic carbocycles. The second-order valence-corrected chi connectivity index (χ2v) is 11.8. The maximum atomic E-state index is 13.8. The van der Waals surface area contributed by atoms with Gasteiger partial charge in [0.05, 0.1) is 10.6 Å². The molecule has 0 aliphatic rings. The minimum Gasteiger partial charge on any atom is -0.354 e. The van der Waals surface area contributed by atoms with E-state index in [1.165, 1.54) is 17.0 Å². The quantitative estimate of drug-likeness (QED) is 0.310. The van der Waals surface area contributed by atoms with E-state index in [9.17, 15) is 18.0 Å². The summed E-state index contributed by atoms with van der Waals surface area (Å²) in [6.45, 7) is 5.79. The van der Waals surface area contributed by atoms with Crippen LogP contribution in [0, 0.1) is 10.5 Å². The number of hydrogen-bond donors (Lipinski definition) is 1. The van der Waals surface area contributed by atoms with Crippen LogP contribution in [0.5, 0.6) is 0 Å². The number of carbonyl (C=O) groups is 2. The van der Waals surface area contributed by atoms with Crippen molar-refractivity contribution < 1.29 is 18.0 Å². The number of nitrogens with one attached hydrogen (secondary N) is 1. The lowest BCUT2D eigenvalue weighted by Crippen LogP contribution is -2.51. The van der Waals surface area contributed by atoms with E-state index in [1.807, 2.05) is 38.1 Å². The molecule has 0 saturated heterocycles. The van der Waals surface area contributed by atoms with Crippen LogP contribution in [0.25, 0.3) is 0 Å². The molecule has 1 atom stereocenters. The number of nitrogens with zero attached hydrogens (tertiary/aromatic N) is 2. The first-order chi connectivity index (χ1) is 17.6. The van der Waals surface area contributed by atoms with Gasteiger partial charge < -0.3 is 10.2 Å². The molecule has 196 valence electrons. The minimum atomic E-state index is -4.05. The number of hydrogen-bond acceptors (Lipinski definition) is 4. The Bertz CT molecular complexity index is 1310. The fourth-order valence-corrected chi connectivity index (χ4v) is 5.60. The summed E-state index contributed by atoms with van der Waals surface area (Å²) in [6.07, 6.45) is 0.764. The van der Waals surface area contributed by atoms with Crippen LogP contribution in [0.3, 0.4) is 0 Å². The van der Waals surface area contributed by atoms with E-state index in [4.69, 9.17) is 0 Å². The average Bonchev–Trinajstić information content (AvgIpc) is 2.90. The molecule has 7 nitrogen and oxygen atoms in total. The summed E-state index contributed by atoms with van der Waals surface area (Å²) in [5.74, 6) is -0.754.